The highest BCUT2D eigenvalue weighted by Gasteiger charge is 2.54. The number of fused-ring (bicyclic) bond motifs is 10. The summed E-state index contributed by atoms with van der Waals surface area (Å²) in [4.78, 5) is 88.7. The van der Waals surface area contributed by atoms with E-state index in [2.05, 4.69) is 45.5 Å². The SMILES string of the molecule is CP(O)(=S)OCCCCCCNC(=O)CCCCC(=O)N1Cc2ccccc2-c2nnn(CCOc3ccc(C(=O)Oc4ccc(CS[P@]5(=O)OC[C@H]6O[C@@H](n7cnc8c(N)ncnc87)[C@H](OP(O)(=S)OC[C@H]7O[C@@H](n8cnc9c(N)ncnc98)[C@H](O)[C@@H]7O5)[C@@H]6O)cc4)cc3)c2-c2ccccc21. The number of ether oxygens (including phenoxy) is 4. The third-order valence-electron chi connectivity index (χ3n) is 17.3. The van der Waals surface area contributed by atoms with Crippen molar-refractivity contribution in [2.75, 3.05) is 56.0 Å². The van der Waals surface area contributed by atoms with Gasteiger partial charge in [-0.25, -0.2) is 43.9 Å². The molecule has 38 heteroatoms. The number of nitrogens with zero attached hydrogens (tertiary/aromatic N) is 12. The second kappa shape index (κ2) is 31.8. The highest BCUT2D eigenvalue weighted by atomic mass is 32.7. The van der Waals surface area contributed by atoms with Crippen molar-refractivity contribution in [1.82, 2.24) is 59.3 Å². The number of esters is 1. The van der Waals surface area contributed by atoms with Crippen LogP contribution in [-0.4, -0.2) is 168 Å². The van der Waals surface area contributed by atoms with Crippen molar-refractivity contribution in [1.29, 1.82) is 0 Å². The number of carbonyl (C=O) groups is 3. The molecule has 11 atom stereocenters. The van der Waals surface area contributed by atoms with E-state index in [0.29, 0.717) is 67.3 Å². The summed E-state index contributed by atoms with van der Waals surface area (Å²) < 4.78 is 74.1. The number of nitrogens with one attached hydrogen (secondary N) is 1. The zero-order valence-corrected chi connectivity index (χ0v) is 59.8. The van der Waals surface area contributed by atoms with Gasteiger partial charge >= 0.3 is 19.5 Å². The van der Waals surface area contributed by atoms with Gasteiger partial charge in [0.2, 0.25) is 11.8 Å². The minimum Gasteiger partial charge on any atom is -0.492 e. The lowest BCUT2D eigenvalue weighted by molar-refractivity contribution is -0.122. The summed E-state index contributed by atoms with van der Waals surface area (Å²) in [5, 5.41) is 36.1. The van der Waals surface area contributed by atoms with Gasteiger partial charge in [-0.15, -0.1) is 5.10 Å². The molecule has 9 aromatic rings. The van der Waals surface area contributed by atoms with E-state index in [4.69, 9.17) is 76.6 Å². The maximum Gasteiger partial charge on any atom is 0.389 e. The number of hydrogen-bond donors (Lipinski definition) is 7. The van der Waals surface area contributed by atoms with Gasteiger partial charge in [0.15, 0.2) is 41.9 Å². The lowest BCUT2D eigenvalue weighted by Crippen LogP contribution is -2.36. The van der Waals surface area contributed by atoms with Crippen molar-refractivity contribution in [3.05, 3.63) is 139 Å². The fourth-order valence-electron chi connectivity index (χ4n) is 12.2. The van der Waals surface area contributed by atoms with Crippen LogP contribution in [-0.2, 0) is 88.7 Å². The molecule has 4 aliphatic rings. The molecule has 2 unspecified atom stereocenters. The molecule has 0 radical (unpaired) electrons. The number of aliphatic hydroxyl groups excluding tert-OH is 2. The number of imidazole rings is 2. The van der Waals surface area contributed by atoms with Gasteiger partial charge in [-0.1, -0.05) is 72.7 Å². The van der Waals surface area contributed by atoms with Crippen molar-refractivity contribution in [2.45, 2.75) is 119 Å². The monoisotopic (exact) mass is 1510 g/mol. The predicted octanol–water partition coefficient (Wildman–Crippen LogP) is 7.68. The molecule has 3 saturated heterocycles. The van der Waals surface area contributed by atoms with Gasteiger partial charge in [-0.3, -0.25) is 32.3 Å². The van der Waals surface area contributed by atoms with E-state index in [9.17, 15) is 34.4 Å². The van der Waals surface area contributed by atoms with Crippen molar-refractivity contribution >= 4 is 112 Å². The smallest absolute Gasteiger partial charge is 0.389 e. The number of nitrogen functional groups attached to an aromatic ring is 2. The molecular formula is C64H72N15O17P3S3. The maximum absolute atomic E-state index is 15.3. The lowest BCUT2D eigenvalue weighted by atomic mass is 9.95. The first-order valence-corrected chi connectivity index (χ1v) is 41.4. The van der Waals surface area contributed by atoms with E-state index in [-0.39, 0.29) is 82.4 Å². The van der Waals surface area contributed by atoms with Crippen LogP contribution in [0.4, 0.5) is 17.3 Å². The summed E-state index contributed by atoms with van der Waals surface area (Å²) in [7, 11) is 0. The first-order valence-electron chi connectivity index (χ1n) is 32.6. The fourth-order valence-corrected chi connectivity index (χ4v) is 17.7. The molecular weight excluding hydrogens is 1440 g/mol. The Labute approximate surface area is 597 Å². The second-order valence-corrected chi connectivity index (χ2v) is 35.1. The van der Waals surface area contributed by atoms with Crippen LogP contribution in [0.3, 0.4) is 0 Å². The highest BCUT2D eigenvalue weighted by molar-refractivity contribution is 8.54. The van der Waals surface area contributed by atoms with Crippen LogP contribution in [0.15, 0.2) is 122 Å². The van der Waals surface area contributed by atoms with E-state index in [0.717, 1.165) is 53.8 Å². The number of hydrogen-bond acceptors (Lipinski definition) is 28. The first kappa shape index (κ1) is 72.7. The van der Waals surface area contributed by atoms with Gasteiger partial charge < -0.3 is 69.7 Å². The summed E-state index contributed by atoms with van der Waals surface area (Å²) in [5.41, 5.74) is 18.3. The van der Waals surface area contributed by atoms with E-state index >= 15 is 4.57 Å². The van der Waals surface area contributed by atoms with Crippen LogP contribution in [0.5, 0.6) is 11.5 Å². The van der Waals surface area contributed by atoms with Crippen LogP contribution in [0.25, 0.3) is 44.8 Å². The van der Waals surface area contributed by atoms with Crippen LogP contribution >= 0.6 is 31.4 Å². The normalized spacial score (nSPS) is 24.0. The molecule has 3 fully saturated rings. The molecule has 9 N–H and O–H groups in total. The summed E-state index contributed by atoms with van der Waals surface area (Å²) in [5.74, 6) is -0.0494. The van der Waals surface area contributed by atoms with Gasteiger partial charge in [0.25, 0.3) is 0 Å². The molecule has 13 rings (SSSR count). The van der Waals surface area contributed by atoms with Crippen molar-refractivity contribution < 1.29 is 80.5 Å². The standard InChI is InChI=1S/C64H72N15O17P3S3/c1-97(85,100)89-28-11-3-2-10-26-67-48(80)16-8-9-17-49(81)76-30-40-12-4-5-13-43(40)50-53(44-14-6-7-15-45(44)76)79(75-74-50)27-29-88-41-24-20-39(21-25-41)64(84)92-42-22-18-38(19-23-42)33-102-99(87)91-31-46-54(82)57(63(93-46)78-37-73-52-59(66)69-35-71-61(52)78)95-98(86,101)90-32-47-56(96-99)55(83)62(94-47)77-36-72-51-58(65)68-34-70-60(51)77/h4-7,12-15,18-25,34-37,46-47,54-57,62-63,82-83H,2-3,8-11,16-17,26-33H2,1H3,(H,67,80)(H,85,100)(H,86,101)(H2,65,68,70)(H2,66,69,71)/t46-,47-,54-,55-,56-,57-,62-,63-,97?,98?,99-/m1/s1. The Kier molecular flexibility index (Phi) is 22.6. The van der Waals surface area contributed by atoms with Crippen molar-refractivity contribution in [2.24, 2.45) is 0 Å². The number of anilines is 3. The molecule has 538 valence electrons. The van der Waals surface area contributed by atoms with Gasteiger partial charge in [-0.2, -0.15) is 0 Å². The third-order valence-corrected chi connectivity index (χ3v) is 23.5. The van der Waals surface area contributed by atoms with Crippen LogP contribution < -0.4 is 31.2 Å². The van der Waals surface area contributed by atoms with Gasteiger partial charge in [0, 0.05) is 42.9 Å². The second-order valence-electron chi connectivity index (χ2n) is 24.4. The van der Waals surface area contributed by atoms with Gasteiger partial charge in [-0.05, 0) is 114 Å². The summed E-state index contributed by atoms with van der Waals surface area (Å²) >= 11 is 11.1. The summed E-state index contributed by atoms with van der Waals surface area (Å²) in [6, 6.07) is 28.3. The molecule has 4 aromatic carbocycles. The molecule has 5 aromatic heterocycles. The van der Waals surface area contributed by atoms with E-state index < -0.39 is 88.3 Å². The Balaban J connectivity index is 0.635. The number of benzene rings is 4. The quantitative estimate of drug-likeness (QED) is 0.0132. The molecule has 0 saturated carbocycles. The number of unbranched alkanes of at least 4 members (excludes halogenated alkanes) is 4. The van der Waals surface area contributed by atoms with Crippen molar-refractivity contribution in [3.63, 3.8) is 0 Å². The molecule has 2 bridgehead atoms. The number of aliphatic hydroxyl groups is 2. The molecule has 32 nitrogen and oxygen atoms in total. The third kappa shape index (κ3) is 16.8. The van der Waals surface area contributed by atoms with Gasteiger partial charge in [0.1, 0.15) is 84.1 Å². The average Bonchev–Trinajstić information content (AvgIpc) is 1.52. The Morgan fingerprint density at radius 3 is 2.13 bits per heavy atom. The topological polar surface area (TPSA) is 417 Å². The molecule has 0 spiro atoms. The zero-order chi connectivity index (χ0) is 71.3. The largest absolute Gasteiger partial charge is 0.492 e. The molecule has 102 heavy (non-hydrogen) atoms. The van der Waals surface area contributed by atoms with Gasteiger partial charge in [0.05, 0.1) is 62.5 Å². The number of amides is 2. The van der Waals surface area contributed by atoms with E-state index in [1.54, 1.807) is 58.1 Å². The van der Waals surface area contributed by atoms with Crippen molar-refractivity contribution in [3.8, 4) is 34.0 Å². The summed E-state index contributed by atoms with van der Waals surface area (Å²) in [6.45, 7) is -9.44. The molecule has 4 aliphatic heterocycles. The molecule has 0 aliphatic carbocycles. The lowest BCUT2D eigenvalue weighted by Gasteiger charge is -2.29. The molecule has 9 heterocycles. The number of carbonyl (C=O) groups excluding carboxylic acids is 3. The first-order chi connectivity index (χ1) is 49.2. The Bertz CT molecular complexity index is 4670. The maximum atomic E-state index is 15.3. The highest BCUT2D eigenvalue weighted by Crippen LogP contribution is 2.65. The minimum absolute atomic E-state index is 0.0389. The minimum atomic E-state index is -4.52. The average molecular weight is 1510 g/mol. The van der Waals surface area contributed by atoms with E-state index in [1.807, 2.05) is 48.5 Å². The number of rotatable bonds is 24. The number of para-hydroxylation sites is 1. The number of nitrogens with two attached hydrogens (primary N) is 2. The number of aromatic nitrogens is 11. The van der Waals surface area contributed by atoms with Crippen LogP contribution in [0.2, 0.25) is 0 Å². The Morgan fingerprint density at radius 2 is 1.39 bits per heavy atom. The Morgan fingerprint density at radius 1 is 0.735 bits per heavy atom. The Hall–Kier alpha value is -7.63. The van der Waals surface area contributed by atoms with Crippen LogP contribution in [0, 0.1) is 0 Å². The summed E-state index contributed by atoms with van der Waals surface area (Å²) in [6.07, 6.45) is -1.27. The van der Waals surface area contributed by atoms with E-state index in [1.165, 1.54) is 41.1 Å². The zero-order valence-electron chi connectivity index (χ0n) is 54.7. The van der Waals surface area contributed by atoms with Crippen LogP contribution in [0.1, 0.15) is 85.3 Å². The molecule has 2 amide bonds. The predicted molar refractivity (Wildman–Crippen MR) is 380 cm³/mol. The fraction of sp³-hybridized carbons (Fsp3) is 0.391.